The highest BCUT2D eigenvalue weighted by molar-refractivity contribution is 7.92. The summed E-state index contributed by atoms with van der Waals surface area (Å²) in [4.78, 5) is 12.4. The molecule has 3 aromatic rings. The van der Waals surface area contributed by atoms with Gasteiger partial charge in [-0.3, -0.25) is 9.52 Å². The van der Waals surface area contributed by atoms with Crippen LogP contribution in [0.2, 0.25) is 5.02 Å². The molecule has 0 spiro atoms. The van der Waals surface area contributed by atoms with Crippen LogP contribution in [-0.2, 0) is 14.8 Å². The lowest BCUT2D eigenvalue weighted by molar-refractivity contribution is -0.123. The molecule has 2 N–H and O–H groups in total. The maximum Gasteiger partial charge on any atom is 0.261 e. The van der Waals surface area contributed by atoms with Gasteiger partial charge in [-0.15, -0.1) is 0 Å². The highest BCUT2D eigenvalue weighted by Crippen LogP contribution is 2.24. The molecule has 3 rings (SSSR count). The van der Waals surface area contributed by atoms with Gasteiger partial charge in [-0.2, -0.15) is 0 Å². The number of anilines is 1. The van der Waals surface area contributed by atoms with Gasteiger partial charge >= 0.3 is 0 Å². The predicted molar refractivity (Wildman–Crippen MR) is 131 cm³/mol. The Morgan fingerprint density at radius 2 is 1.64 bits per heavy atom. The number of nitrogens with one attached hydrogen (secondary N) is 2. The molecular weight excluding hydrogens is 460 g/mol. The van der Waals surface area contributed by atoms with Crippen LogP contribution >= 0.6 is 11.6 Å². The minimum atomic E-state index is -3.76. The number of carbonyl (C=O) groups is 1. The van der Waals surface area contributed by atoms with Crippen molar-refractivity contribution in [2.45, 2.75) is 38.6 Å². The Hall–Kier alpha value is -3.03. The van der Waals surface area contributed by atoms with Gasteiger partial charge in [0.05, 0.1) is 10.9 Å². The second-order valence-corrected chi connectivity index (χ2v) is 10.1. The van der Waals surface area contributed by atoms with Crippen molar-refractivity contribution in [3.63, 3.8) is 0 Å². The molecule has 0 heterocycles. The Morgan fingerprint density at radius 1 is 0.939 bits per heavy atom. The second-order valence-electron chi connectivity index (χ2n) is 7.96. The largest absolute Gasteiger partial charge is 0.484 e. The highest BCUT2D eigenvalue weighted by atomic mass is 35.5. The molecule has 174 valence electrons. The van der Waals surface area contributed by atoms with E-state index < -0.39 is 10.0 Å². The van der Waals surface area contributed by atoms with Gasteiger partial charge in [0, 0.05) is 10.7 Å². The van der Waals surface area contributed by atoms with E-state index in [1.165, 1.54) is 12.1 Å². The molecule has 0 radical (unpaired) electrons. The quantitative estimate of drug-likeness (QED) is 0.451. The van der Waals surface area contributed by atoms with Crippen LogP contribution in [-0.4, -0.2) is 20.9 Å². The number of sulfonamides is 1. The molecule has 33 heavy (non-hydrogen) atoms. The Bertz CT molecular complexity index is 1260. The fraction of sp³-hybridized carbons (Fsp3) is 0.240. The van der Waals surface area contributed by atoms with Crippen LogP contribution in [0.3, 0.4) is 0 Å². The van der Waals surface area contributed by atoms with Crippen molar-refractivity contribution in [3.05, 3.63) is 87.9 Å². The molecule has 6 nitrogen and oxygen atoms in total. The van der Waals surface area contributed by atoms with Crippen LogP contribution < -0.4 is 14.8 Å². The number of carbonyl (C=O) groups excluding carboxylic acids is 1. The van der Waals surface area contributed by atoms with Crippen molar-refractivity contribution >= 4 is 33.2 Å². The minimum Gasteiger partial charge on any atom is -0.484 e. The molecular formula is C25H27ClN2O4S. The first kappa shape index (κ1) is 24.6. The van der Waals surface area contributed by atoms with E-state index in [0.29, 0.717) is 22.0 Å². The van der Waals surface area contributed by atoms with Crippen molar-refractivity contribution in [1.29, 1.82) is 0 Å². The zero-order valence-electron chi connectivity index (χ0n) is 19.0. The van der Waals surface area contributed by atoms with Crippen LogP contribution in [0.25, 0.3) is 0 Å². The molecule has 0 aliphatic rings. The lowest BCUT2D eigenvalue weighted by Gasteiger charge is -2.16. The third-order valence-corrected chi connectivity index (χ3v) is 6.95. The van der Waals surface area contributed by atoms with Gasteiger partial charge in [0.25, 0.3) is 15.9 Å². The fourth-order valence-corrected chi connectivity index (χ4v) is 4.49. The number of rotatable bonds is 8. The van der Waals surface area contributed by atoms with Crippen LogP contribution in [0.4, 0.5) is 5.69 Å². The Balaban J connectivity index is 1.62. The van der Waals surface area contributed by atoms with Gasteiger partial charge in [0.2, 0.25) is 0 Å². The summed E-state index contributed by atoms with van der Waals surface area (Å²) < 4.78 is 33.8. The first-order chi connectivity index (χ1) is 15.5. The smallest absolute Gasteiger partial charge is 0.261 e. The molecule has 8 heteroatoms. The van der Waals surface area contributed by atoms with Crippen LogP contribution in [0.15, 0.2) is 65.6 Å². The first-order valence-corrected chi connectivity index (χ1v) is 12.3. The van der Waals surface area contributed by atoms with Gasteiger partial charge in [-0.1, -0.05) is 29.8 Å². The van der Waals surface area contributed by atoms with Crippen LogP contribution in [0, 0.1) is 20.8 Å². The predicted octanol–water partition coefficient (Wildman–Crippen LogP) is 5.32. The molecule has 1 atom stereocenters. The average Bonchev–Trinajstić information content (AvgIpc) is 2.75. The molecule has 0 saturated carbocycles. The van der Waals surface area contributed by atoms with Gasteiger partial charge in [0.1, 0.15) is 5.75 Å². The van der Waals surface area contributed by atoms with E-state index in [1.807, 2.05) is 39.0 Å². The Kier molecular flexibility index (Phi) is 7.66. The summed E-state index contributed by atoms with van der Waals surface area (Å²) >= 11 is 5.90. The molecule has 3 aromatic carbocycles. The standard InChI is InChI=1S/C25H27ClN2O4S/c1-16-5-10-22(13-17(16)2)28-33(30,31)23-11-12-24(18(3)14-23)32-15-25(29)27-19(4)20-6-8-21(26)9-7-20/h5-14,19,28H,15H2,1-4H3,(H,27,29)/t19-/m1/s1. The number of ether oxygens (including phenoxy) is 1. The van der Waals surface area contributed by atoms with E-state index in [9.17, 15) is 13.2 Å². The zero-order valence-corrected chi connectivity index (χ0v) is 20.5. The van der Waals surface area contributed by atoms with E-state index in [4.69, 9.17) is 16.3 Å². The van der Waals surface area contributed by atoms with Crippen LogP contribution in [0.5, 0.6) is 5.75 Å². The highest BCUT2D eigenvalue weighted by Gasteiger charge is 2.17. The monoisotopic (exact) mass is 486 g/mol. The first-order valence-electron chi connectivity index (χ1n) is 10.4. The Morgan fingerprint density at radius 3 is 2.27 bits per heavy atom. The minimum absolute atomic E-state index is 0.117. The average molecular weight is 487 g/mol. The van der Waals surface area contributed by atoms with E-state index in [-0.39, 0.29) is 23.5 Å². The summed E-state index contributed by atoms with van der Waals surface area (Å²) in [5.74, 6) is 0.152. The summed E-state index contributed by atoms with van der Waals surface area (Å²) in [6.45, 7) is 7.31. The number of amides is 1. The van der Waals surface area contributed by atoms with E-state index in [2.05, 4.69) is 10.0 Å². The summed E-state index contributed by atoms with van der Waals surface area (Å²) in [5, 5.41) is 3.49. The maximum absolute atomic E-state index is 12.8. The summed E-state index contributed by atoms with van der Waals surface area (Å²) in [6.07, 6.45) is 0. The SMILES string of the molecule is Cc1ccc(NS(=O)(=O)c2ccc(OCC(=O)N[C@H](C)c3ccc(Cl)cc3)c(C)c2)cc1C. The molecule has 0 aliphatic carbocycles. The summed E-state index contributed by atoms with van der Waals surface area (Å²) in [5.41, 5.74) is 4.12. The number of aryl methyl sites for hydroxylation is 3. The van der Waals surface area contributed by atoms with Crippen molar-refractivity contribution in [2.75, 3.05) is 11.3 Å². The van der Waals surface area contributed by atoms with E-state index in [0.717, 1.165) is 16.7 Å². The van der Waals surface area contributed by atoms with Crippen molar-refractivity contribution < 1.29 is 17.9 Å². The van der Waals surface area contributed by atoms with E-state index >= 15 is 0 Å². The lowest BCUT2D eigenvalue weighted by Crippen LogP contribution is -2.31. The third-order valence-electron chi connectivity index (χ3n) is 5.32. The number of hydrogen-bond acceptors (Lipinski definition) is 4. The van der Waals surface area contributed by atoms with Gasteiger partial charge in [0.15, 0.2) is 6.61 Å². The van der Waals surface area contributed by atoms with Gasteiger partial charge in [-0.05, 0) is 92.4 Å². The molecule has 0 unspecified atom stereocenters. The zero-order chi connectivity index (χ0) is 24.2. The van der Waals surface area contributed by atoms with E-state index in [1.54, 1.807) is 37.3 Å². The summed E-state index contributed by atoms with van der Waals surface area (Å²) in [7, 11) is -3.76. The Labute approximate surface area is 200 Å². The van der Waals surface area contributed by atoms with Crippen molar-refractivity contribution in [1.82, 2.24) is 5.32 Å². The maximum atomic E-state index is 12.8. The second kappa shape index (κ2) is 10.3. The molecule has 0 fully saturated rings. The topological polar surface area (TPSA) is 84.5 Å². The number of hydrogen-bond donors (Lipinski definition) is 2. The normalized spacial score (nSPS) is 12.2. The van der Waals surface area contributed by atoms with Gasteiger partial charge < -0.3 is 10.1 Å². The van der Waals surface area contributed by atoms with Gasteiger partial charge in [-0.25, -0.2) is 8.42 Å². The van der Waals surface area contributed by atoms with Crippen molar-refractivity contribution in [3.8, 4) is 5.75 Å². The fourth-order valence-electron chi connectivity index (χ4n) is 3.23. The molecule has 0 saturated heterocycles. The molecule has 1 amide bonds. The number of benzene rings is 3. The molecule has 0 aromatic heterocycles. The summed E-state index contributed by atoms with van der Waals surface area (Å²) in [6, 6.07) is 17.0. The molecule has 0 bridgehead atoms. The third kappa shape index (κ3) is 6.49. The van der Waals surface area contributed by atoms with Crippen molar-refractivity contribution in [2.24, 2.45) is 0 Å². The number of halogens is 1. The molecule has 0 aliphatic heterocycles. The van der Waals surface area contributed by atoms with Crippen LogP contribution in [0.1, 0.15) is 35.2 Å². The lowest BCUT2D eigenvalue weighted by atomic mass is 10.1.